The summed E-state index contributed by atoms with van der Waals surface area (Å²) in [5.74, 6) is 0.181. The maximum absolute atomic E-state index is 13.9. The number of alkyl halides is 3. The largest absolute Gasteiger partial charge is 0.489 e. The van der Waals surface area contributed by atoms with E-state index in [9.17, 15) is 23.1 Å². The first kappa shape index (κ1) is 28.6. The number of halogens is 3. The minimum atomic E-state index is -4.61. The number of aromatic nitrogens is 1. The van der Waals surface area contributed by atoms with Gasteiger partial charge in [0.1, 0.15) is 12.4 Å². The number of benzene rings is 4. The van der Waals surface area contributed by atoms with E-state index >= 15 is 0 Å². The fraction of sp³-hybridized carbons (Fsp3) is 0.200. The zero-order chi connectivity index (χ0) is 30.0. The normalized spacial score (nSPS) is 15.6. The molecule has 1 fully saturated rings. The molecule has 4 aromatic carbocycles. The SMILES string of the molecule is O=C(c1ccccc1)c1cnc2c(C(F)(F)F)cccc2c1-c1cccc(OCc2ccc(CN3CCC(O)C3)cc2)c1. The van der Waals surface area contributed by atoms with Gasteiger partial charge < -0.3 is 9.84 Å². The number of nitrogens with zero attached hydrogens (tertiary/aromatic N) is 2. The Morgan fingerprint density at radius 1 is 0.930 bits per heavy atom. The van der Waals surface area contributed by atoms with Crippen molar-refractivity contribution in [2.24, 2.45) is 0 Å². The molecule has 1 atom stereocenters. The third-order valence-corrected chi connectivity index (χ3v) is 7.69. The lowest BCUT2D eigenvalue weighted by Gasteiger charge is -2.17. The molecule has 6 rings (SSSR count). The van der Waals surface area contributed by atoms with E-state index in [4.69, 9.17) is 4.74 Å². The Labute approximate surface area is 247 Å². The Morgan fingerprint density at radius 3 is 2.40 bits per heavy atom. The quantitative estimate of drug-likeness (QED) is 0.195. The average Bonchev–Trinajstić information content (AvgIpc) is 3.43. The molecule has 1 aliphatic rings. The molecule has 1 aliphatic heterocycles. The van der Waals surface area contributed by atoms with Crippen molar-refractivity contribution < 1.29 is 27.8 Å². The molecule has 0 bridgehead atoms. The number of hydrogen-bond acceptors (Lipinski definition) is 5. The number of likely N-dealkylation sites (tertiary alicyclic amines) is 1. The first-order chi connectivity index (χ1) is 20.8. The lowest BCUT2D eigenvalue weighted by atomic mass is 9.91. The molecular weight excluding hydrogens is 553 g/mol. The van der Waals surface area contributed by atoms with Crippen molar-refractivity contribution in [2.75, 3.05) is 13.1 Å². The number of hydrogen-bond donors (Lipinski definition) is 1. The molecule has 1 unspecified atom stereocenters. The van der Waals surface area contributed by atoms with Gasteiger partial charge in [0.2, 0.25) is 0 Å². The molecule has 1 N–H and O–H groups in total. The van der Waals surface area contributed by atoms with Gasteiger partial charge in [-0.15, -0.1) is 0 Å². The number of pyridine rings is 1. The number of aliphatic hydroxyl groups excluding tert-OH is 1. The summed E-state index contributed by atoms with van der Waals surface area (Å²) < 4.78 is 47.8. The van der Waals surface area contributed by atoms with Crippen LogP contribution in [-0.2, 0) is 19.3 Å². The molecule has 8 heteroatoms. The van der Waals surface area contributed by atoms with Crippen molar-refractivity contribution in [1.82, 2.24) is 9.88 Å². The molecule has 0 spiro atoms. The van der Waals surface area contributed by atoms with E-state index in [0.717, 1.165) is 36.7 Å². The van der Waals surface area contributed by atoms with Gasteiger partial charge in [0, 0.05) is 47.9 Å². The Hall–Kier alpha value is -4.53. The van der Waals surface area contributed by atoms with Crippen LogP contribution in [0, 0.1) is 0 Å². The summed E-state index contributed by atoms with van der Waals surface area (Å²) in [6.07, 6.45) is -2.83. The summed E-state index contributed by atoms with van der Waals surface area (Å²) >= 11 is 0. The Morgan fingerprint density at radius 2 is 1.67 bits per heavy atom. The second-order valence-corrected chi connectivity index (χ2v) is 10.8. The van der Waals surface area contributed by atoms with Gasteiger partial charge in [0.05, 0.1) is 17.2 Å². The smallest absolute Gasteiger partial charge is 0.418 e. The van der Waals surface area contributed by atoms with Crippen LogP contribution in [0.1, 0.15) is 39.0 Å². The van der Waals surface area contributed by atoms with E-state index in [1.54, 1.807) is 60.7 Å². The molecule has 1 saturated heterocycles. The van der Waals surface area contributed by atoms with Crippen LogP contribution in [0.2, 0.25) is 0 Å². The van der Waals surface area contributed by atoms with Gasteiger partial charge in [-0.25, -0.2) is 0 Å². The third kappa shape index (κ3) is 6.30. The van der Waals surface area contributed by atoms with Crippen LogP contribution in [0.3, 0.4) is 0 Å². The number of rotatable bonds is 8. The number of ether oxygens (including phenoxy) is 1. The minimum Gasteiger partial charge on any atom is -0.489 e. The summed E-state index contributed by atoms with van der Waals surface area (Å²) in [5.41, 5.74) is 2.56. The number of para-hydroxylation sites is 1. The molecule has 43 heavy (non-hydrogen) atoms. The van der Waals surface area contributed by atoms with Crippen molar-refractivity contribution in [3.05, 3.63) is 131 Å². The fourth-order valence-corrected chi connectivity index (χ4v) is 5.54. The van der Waals surface area contributed by atoms with Gasteiger partial charge in [0.15, 0.2) is 5.78 Å². The molecule has 0 radical (unpaired) electrons. The summed E-state index contributed by atoms with van der Waals surface area (Å²) in [4.78, 5) is 20.0. The second-order valence-electron chi connectivity index (χ2n) is 10.8. The maximum atomic E-state index is 13.9. The van der Waals surface area contributed by atoms with Crippen molar-refractivity contribution in [3.63, 3.8) is 0 Å². The number of aliphatic hydroxyl groups is 1. The predicted molar refractivity (Wildman–Crippen MR) is 159 cm³/mol. The molecular formula is C35H29F3N2O3. The van der Waals surface area contributed by atoms with Crippen LogP contribution in [0.15, 0.2) is 103 Å². The van der Waals surface area contributed by atoms with Gasteiger partial charge in [0.25, 0.3) is 0 Å². The molecule has 1 aromatic heterocycles. The van der Waals surface area contributed by atoms with E-state index in [2.05, 4.69) is 9.88 Å². The maximum Gasteiger partial charge on any atom is 0.418 e. The molecule has 0 amide bonds. The van der Waals surface area contributed by atoms with Crippen LogP contribution < -0.4 is 4.74 Å². The molecule has 2 heterocycles. The van der Waals surface area contributed by atoms with E-state index in [-0.39, 0.29) is 35.0 Å². The number of ketones is 1. The monoisotopic (exact) mass is 582 g/mol. The van der Waals surface area contributed by atoms with Crippen LogP contribution in [0.5, 0.6) is 5.75 Å². The number of fused-ring (bicyclic) bond motifs is 1. The van der Waals surface area contributed by atoms with Crippen LogP contribution in [0.4, 0.5) is 13.2 Å². The topological polar surface area (TPSA) is 62.7 Å². The summed E-state index contributed by atoms with van der Waals surface area (Å²) in [5, 5.41) is 9.99. The number of carbonyl (C=O) groups is 1. The summed E-state index contributed by atoms with van der Waals surface area (Å²) in [6.45, 7) is 2.63. The summed E-state index contributed by atoms with van der Waals surface area (Å²) in [6, 6.07) is 27.6. The molecule has 218 valence electrons. The van der Waals surface area contributed by atoms with Crippen LogP contribution in [-0.4, -0.2) is 40.0 Å². The lowest BCUT2D eigenvalue weighted by molar-refractivity contribution is -0.136. The predicted octanol–water partition coefficient (Wildman–Crippen LogP) is 7.30. The number of β-amino-alcohol motifs (C(OH)–C–C–N with tert-alkyl or cyclic N) is 1. The molecule has 5 aromatic rings. The zero-order valence-electron chi connectivity index (χ0n) is 23.2. The highest BCUT2D eigenvalue weighted by molar-refractivity contribution is 6.16. The van der Waals surface area contributed by atoms with Crippen molar-refractivity contribution in [3.8, 4) is 16.9 Å². The molecule has 0 saturated carbocycles. The van der Waals surface area contributed by atoms with Gasteiger partial charge in [-0.05, 0) is 41.3 Å². The van der Waals surface area contributed by atoms with E-state index in [1.807, 2.05) is 24.3 Å². The number of carbonyl (C=O) groups excluding carboxylic acids is 1. The second kappa shape index (κ2) is 12.0. The third-order valence-electron chi connectivity index (χ3n) is 7.69. The van der Waals surface area contributed by atoms with Gasteiger partial charge in [-0.2, -0.15) is 13.2 Å². The van der Waals surface area contributed by atoms with Gasteiger partial charge in [-0.3, -0.25) is 14.7 Å². The molecule has 5 nitrogen and oxygen atoms in total. The lowest BCUT2D eigenvalue weighted by Crippen LogP contribution is -2.21. The fourth-order valence-electron chi connectivity index (χ4n) is 5.54. The minimum absolute atomic E-state index is 0.205. The Balaban J connectivity index is 1.31. The highest BCUT2D eigenvalue weighted by Gasteiger charge is 2.34. The summed E-state index contributed by atoms with van der Waals surface area (Å²) in [7, 11) is 0. The van der Waals surface area contributed by atoms with Crippen molar-refractivity contribution in [2.45, 2.75) is 31.9 Å². The first-order valence-electron chi connectivity index (χ1n) is 14.1. The standard InChI is InChI=1S/C35H29F3N2O3/c36-35(37,38)31-11-5-10-29-32(30(19-39-33(29)31)34(42)25-6-2-1-3-7-25)26-8-4-9-28(18-26)43-22-24-14-12-23(13-15-24)20-40-17-16-27(41)21-40/h1-15,18-19,27,41H,16-17,20-22H2. The van der Waals surface area contributed by atoms with Crippen LogP contribution >= 0.6 is 0 Å². The van der Waals surface area contributed by atoms with Crippen molar-refractivity contribution >= 4 is 16.7 Å². The van der Waals surface area contributed by atoms with Crippen molar-refractivity contribution in [1.29, 1.82) is 0 Å². The zero-order valence-corrected chi connectivity index (χ0v) is 23.2. The van der Waals surface area contributed by atoms with Gasteiger partial charge in [-0.1, -0.05) is 78.9 Å². The Kier molecular flexibility index (Phi) is 7.97. The average molecular weight is 583 g/mol. The molecule has 0 aliphatic carbocycles. The van der Waals surface area contributed by atoms with E-state index in [1.165, 1.54) is 12.3 Å². The van der Waals surface area contributed by atoms with E-state index < -0.39 is 11.7 Å². The first-order valence-corrected chi connectivity index (χ1v) is 14.1. The van der Waals surface area contributed by atoms with Gasteiger partial charge >= 0.3 is 6.18 Å². The van der Waals surface area contributed by atoms with Crippen LogP contribution in [0.25, 0.3) is 22.0 Å². The Bertz CT molecular complexity index is 1760. The highest BCUT2D eigenvalue weighted by Crippen LogP contribution is 2.39. The van der Waals surface area contributed by atoms with E-state index in [0.29, 0.717) is 29.0 Å². The highest BCUT2D eigenvalue weighted by atomic mass is 19.4.